The molecule has 1 heterocycles. The lowest BCUT2D eigenvalue weighted by atomic mass is 10.1. The van der Waals surface area contributed by atoms with Crippen LogP contribution in [0.5, 0.6) is 0 Å². The van der Waals surface area contributed by atoms with E-state index >= 15 is 0 Å². The summed E-state index contributed by atoms with van der Waals surface area (Å²) in [5.41, 5.74) is 3.68. The van der Waals surface area contributed by atoms with Gasteiger partial charge in [-0.15, -0.1) is 0 Å². The van der Waals surface area contributed by atoms with E-state index in [0.717, 1.165) is 79.6 Å². The number of carbonyl (C=O) groups excluding carboxylic acids is 2. The molecule has 0 aliphatic carbocycles. The molecule has 0 saturated heterocycles. The molecule has 0 radical (unpaired) electrons. The number of imidazole rings is 1. The van der Waals surface area contributed by atoms with Crippen LogP contribution in [0, 0.1) is 6.92 Å². The first kappa shape index (κ1) is 25.5. The molecule has 2 aromatic carbocycles. The molecule has 3 rings (SSSR count). The second-order valence-corrected chi connectivity index (χ2v) is 8.87. The number of fused-ring (bicyclic) bond motifs is 1. The Bertz CT molecular complexity index is 1080. The van der Waals surface area contributed by atoms with Gasteiger partial charge in [0.05, 0.1) is 11.0 Å². The fourth-order valence-electron chi connectivity index (χ4n) is 4.34. The fourth-order valence-corrected chi connectivity index (χ4v) is 4.34. The van der Waals surface area contributed by atoms with Gasteiger partial charge >= 0.3 is 0 Å². The van der Waals surface area contributed by atoms with Crippen LogP contribution in [-0.2, 0) is 17.8 Å². The van der Waals surface area contributed by atoms with Gasteiger partial charge in [0.15, 0.2) is 0 Å². The van der Waals surface area contributed by atoms with Gasteiger partial charge in [-0.2, -0.15) is 0 Å². The first-order valence-electron chi connectivity index (χ1n) is 12.6. The summed E-state index contributed by atoms with van der Waals surface area (Å²) in [4.78, 5) is 32.2. The van der Waals surface area contributed by atoms with Crippen molar-refractivity contribution in [2.45, 2.75) is 65.8 Å². The van der Waals surface area contributed by atoms with Crippen LogP contribution in [0.1, 0.15) is 67.7 Å². The summed E-state index contributed by atoms with van der Waals surface area (Å²) in [7, 11) is 0. The fraction of sp³-hybridized carbons (Fsp3) is 0.464. The van der Waals surface area contributed by atoms with Gasteiger partial charge in [0.25, 0.3) is 5.91 Å². The lowest BCUT2D eigenvalue weighted by Gasteiger charge is -2.22. The third-order valence-electron chi connectivity index (χ3n) is 6.12. The Morgan fingerprint density at radius 3 is 2.38 bits per heavy atom. The minimum Gasteiger partial charge on any atom is -0.352 e. The van der Waals surface area contributed by atoms with E-state index in [1.54, 1.807) is 0 Å². The third-order valence-corrected chi connectivity index (χ3v) is 6.12. The van der Waals surface area contributed by atoms with Crippen LogP contribution in [0.15, 0.2) is 48.5 Å². The zero-order chi connectivity index (χ0) is 24.3. The van der Waals surface area contributed by atoms with Gasteiger partial charge in [-0.1, -0.05) is 50.6 Å². The Kier molecular flexibility index (Phi) is 9.68. The van der Waals surface area contributed by atoms with Crippen LogP contribution < -0.4 is 5.32 Å². The van der Waals surface area contributed by atoms with E-state index < -0.39 is 0 Å². The molecule has 0 bridgehead atoms. The van der Waals surface area contributed by atoms with Gasteiger partial charge in [0, 0.05) is 31.6 Å². The third kappa shape index (κ3) is 6.69. The average Bonchev–Trinajstić information content (AvgIpc) is 3.18. The van der Waals surface area contributed by atoms with Crippen molar-refractivity contribution in [3.63, 3.8) is 0 Å². The molecular formula is C28H38N4O2. The molecule has 182 valence electrons. The smallest absolute Gasteiger partial charge is 0.251 e. The molecule has 0 aliphatic heterocycles. The normalized spacial score (nSPS) is 11.0. The second-order valence-electron chi connectivity index (χ2n) is 8.87. The molecule has 6 heteroatoms. The summed E-state index contributed by atoms with van der Waals surface area (Å²) < 4.78 is 2.09. The Morgan fingerprint density at radius 1 is 0.941 bits per heavy atom. The summed E-state index contributed by atoms with van der Waals surface area (Å²) in [6.07, 6.45) is 5.61. The number of amides is 2. The minimum atomic E-state index is -0.0119. The highest BCUT2D eigenvalue weighted by molar-refractivity contribution is 5.95. The van der Waals surface area contributed by atoms with E-state index in [4.69, 9.17) is 4.98 Å². The number of para-hydroxylation sites is 2. The Hall–Kier alpha value is -3.15. The van der Waals surface area contributed by atoms with Gasteiger partial charge in [-0.3, -0.25) is 9.59 Å². The molecule has 1 N–H and O–H groups in total. The number of hydrogen-bond acceptors (Lipinski definition) is 3. The summed E-state index contributed by atoms with van der Waals surface area (Å²) >= 11 is 0. The Labute approximate surface area is 203 Å². The monoisotopic (exact) mass is 462 g/mol. The lowest BCUT2D eigenvalue weighted by molar-refractivity contribution is -0.131. The van der Waals surface area contributed by atoms with Crippen LogP contribution in [0.2, 0.25) is 0 Å². The summed E-state index contributed by atoms with van der Waals surface area (Å²) in [5.74, 6) is 1.11. The van der Waals surface area contributed by atoms with E-state index in [2.05, 4.69) is 23.7 Å². The molecule has 0 spiro atoms. The summed E-state index contributed by atoms with van der Waals surface area (Å²) in [5, 5.41) is 3.02. The molecule has 3 aromatic rings. The Morgan fingerprint density at radius 2 is 1.65 bits per heavy atom. The number of aromatic nitrogens is 2. The second kappa shape index (κ2) is 12.9. The van der Waals surface area contributed by atoms with E-state index in [1.807, 2.05) is 60.4 Å². The molecule has 0 fully saturated rings. The molecular weight excluding hydrogens is 424 g/mol. The van der Waals surface area contributed by atoms with Crippen LogP contribution in [0.25, 0.3) is 11.0 Å². The number of nitrogens with zero attached hydrogens (tertiary/aromatic N) is 3. The zero-order valence-corrected chi connectivity index (χ0v) is 20.8. The predicted octanol–water partition coefficient (Wildman–Crippen LogP) is 5.14. The van der Waals surface area contributed by atoms with Crippen molar-refractivity contribution in [3.05, 3.63) is 65.5 Å². The summed E-state index contributed by atoms with van der Waals surface area (Å²) in [6, 6.07) is 15.7. The molecule has 34 heavy (non-hydrogen) atoms. The lowest BCUT2D eigenvalue weighted by Crippen LogP contribution is -2.35. The molecule has 0 unspecified atom stereocenters. The SMILES string of the molecule is CCCN(CCC)C(=O)Cn1c(CCCCCNC(=O)c2ccccc2C)nc2ccccc21. The van der Waals surface area contributed by atoms with Crippen LogP contribution in [0.3, 0.4) is 0 Å². The maximum atomic E-state index is 13.0. The molecule has 2 amide bonds. The van der Waals surface area contributed by atoms with E-state index in [1.165, 1.54) is 0 Å². The number of nitrogens with one attached hydrogen (secondary N) is 1. The van der Waals surface area contributed by atoms with Gasteiger partial charge in [0.2, 0.25) is 5.91 Å². The standard InChI is InChI=1S/C28H38N4O2/c1-4-19-31(20-5-2)27(33)21-32-25-16-11-10-15-24(25)30-26(32)17-7-6-12-18-29-28(34)23-14-9-8-13-22(23)3/h8-11,13-16H,4-7,12,17-21H2,1-3H3,(H,29,34). The first-order valence-corrected chi connectivity index (χ1v) is 12.6. The first-order chi connectivity index (χ1) is 16.5. The number of carbonyl (C=O) groups is 2. The van der Waals surface area contributed by atoms with Gasteiger partial charge < -0.3 is 14.8 Å². The van der Waals surface area contributed by atoms with Crippen molar-refractivity contribution in [1.29, 1.82) is 0 Å². The van der Waals surface area contributed by atoms with Crippen molar-refractivity contribution in [3.8, 4) is 0 Å². The highest BCUT2D eigenvalue weighted by Crippen LogP contribution is 2.18. The van der Waals surface area contributed by atoms with E-state index in [9.17, 15) is 9.59 Å². The van der Waals surface area contributed by atoms with Crippen LogP contribution in [0.4, 0.5) is 0 Å². The molecule has 0 aliphatic rings. The van der Waals surface area contributed by atoms with Gasteiger partial charge in [0.1, 0.15) is 12.4 Å². The van der Waals surface area contributed by atoms with Crippen LogP contribution >= 0.6 is 0 Å². The van der Waals surface area contributed by atoms with E-state index in [0.29, 0.717) is 13.1 Å². The highest BCUT2D eigenvalue weighted by atomic mass is 16.2. The molecule has 6 nitrogen and oxygen atoms in total. The Balaban J connectivity index is 1.55. The topological polar surface area (TPSA) is 67.2 Å². The van der Waals surface area contributed by atoms with E-state index in [-0.39, 0.29) is 11.8 Å². The number of aryl methyl sites for hydroxylation is 2. The largest absolute Gasteiger partial charge is 0.352 e. The average molecular weight is 463 g/mol. The highest BCUT2D eigenvalue weighted by Gasteiger charge is 2.17. The minimum absolute atomic E-state index is 0.0119. The maximum absolute atomic E-state index is 13.0. The van der Waals surface area contributed by atoms with Crippen LogP contribution in [-0.4, -0.2) is 45.9 Å². The molecule has 0 saturated carbocycles. The number of rotatable bonds is 13. The summed E-state index contributed by atoms with van der Waals surface area (Å²) in [6.45, 7) is 8.75. The molecule has 0 atom stereocenters. The maximum Gasteiger partial charge on any atom is 0.251 e. The van der Waals surface area contributed by atoms with Gasteiger partial charge in [-0.05, 0) is 56.4 Å². The number of hydrogen-bond donors (Lipinski definition) is 1. The number of benzene rings is 2. The number of unbranched alkanes of at least 4 members (excludes halogenated alkanes) is 2. The van der Waals surface area contributed by atoms with Crippen molar-refractivity contribution in [2.75, 3.05) is 19.6 Å². The van der Waals surface area contributed by atoms with Crippen molar-refractivity contribution < 1.29 is 9.59 Å². The predicted molar refractivity (Wildman–Crippen MR) is 138 cm³/mol. The van der Waals surface area contributed by atoms with Crippen molar-refractivity contribution >= 4 is 22.8 Å². The zero-order valence-electron chi connectivity index (χ0n) is 20.8. The van der Waals surface area contributed by atoms with Gasteiger partial charge in [-0.25, -0.2) is 4.98 Å². The van der Waals surface area contributed by atoms with Crippen molar-refractivity contribution in [2.24, 2.45) is 0 Å². The molecule has 1 aromatic heterocycles. The van der Waals surface area contributed by atoms with Crippen molar-refractivity contribution in [1.82, 2.24) is 19.8 Å². The quantitative estimate of drug-likeness (QED) is 0.358.